The van der Waals surface area contributed by atoms with Crippen molar-refractivity contribution >= 4 is 5.82 Å². The molecule has 2 aliphatic heterocycles. The van der Waals surface area contributed by atoms with Crippen LogP contribution >= 0.6 is 0 Å². The van der Waals surface area contributed by atoms with Gasteiger partial charge < -0.3 is 10.0 Å². The number of anilines is 1. The van der Waals surface area contributed by atoms with E-state index in [2.05, 4.69) is 29.7 Å². The molecule has 0 spiro atoms. The number of aliphatic hydroxyl groups excluding tert-OH is 1. The van der Waals surface area contributed by atoms with Gasteiger partial charge in [-0.05, 0) is 50.4 Å². The predicted octanol–water partition coefficient (Wildman–Crippen LogP) is 2.20. The molecule has 1 aromatic rings. The van der Waals surface area contributed by atoms with E-state index in [1.54, 1.807) is 0 Å². The number of piperidine rings is 1. The van der Waals surface area contributed by atoms with E-state index in [4.69, 9.17) is 4.98 Å². The number of aliphatic hydroxyl groups is 1. The first-order valence-electron chi connectivity index (χ1n) is 8.32. The second-order valence-electron chi connectivity index (χ2n) is 6.48. The number of aromatic nitrogens is 1. The molecular weight excluding hydrogens is 262 g/mol. The molecule has 3 rings (SSSR count). The fourth-order valence-corrected chi connectivity index (χ4v) is 3.72. The lowest BCUT2D eigenvalue weighted by molar-refractivity contribution is 0.115. The van der Waals surface area contributed by atoms with Crippen molar-refractivity contribution in [1.29, 1.82) is 0 Å². The summed E-state index contributed by atoms with van der Waals surface area (Å²) in [5, 5.41) is 9.48. The number of rotatable bonds is 3. The van der Waals surface area contributed by atoms with Crippen molar-refractivity contribution in [3.63, 3.8) is 0 Å². The van der Waals surface area contributed by atoms with Crippen LogP contribution in [0.5, 0.6) is 0 Å². The molecule has 0 bridgehead atoms. The standard InChI is InChI=1S/C17H27N3O/c1-3-15-8-14(12-21)9-17(18-15)20-11-16-6-4-5-7-19(16)10-13(20)2/h8-9,13,16,21H,3-7,10-12H2,1-2H3. The van der Waals surface area contributed by atoms with E-state index in [0.29, 0.717) is 12.1 Å². The Hall–Kier alpha value is -1.13. The molecule has 4 heteroatoms. The second-order valence-corrected chi connectivity index (χ2v) is 6.48. The maximum atomic E-state index is 9.48. The second kappa shape index (κ2) is 6.32. The normalized spacial score (nSPS) is 26.7. The van der Waals surface area contributed by atoms with Gasteiger partial charge in [-0.25, -0.2) is 4.98 Å². The van der Waals surface area contributed by atoms with Crippen LogP contribution in [0.3, 0.4) is 0 Å². The third-order valence-electron chi connectivity index (χ3n) is 4.95. The molecule has 0 aromatic carbocycles. The van der Waals surface area contributed by atoms with Gasteiger partial charge in [0.2, 0.25) is 0 Å². The Labute approximate surface area is 127 Å². The zero-order valence-electron chi connectivity index (χ0n) is 13.3. The van der Waals surface area contributed by atoms with Crippen LogP contribution in [0.1, 0.15) is 44.4 Å². The number of nitrogens with zero attached hydrogens (tertiary/aromatic N) is 3. The van der Waals surface area contributed by atoms with Crippen LogP contribution in [0.25, 0.3) is 0 Å². The molecular formula is C17H27N3O. The van der Waals surface area contributed by atoms with E-state index in [9.17, 15) is 5.11 Å². The Morgan fingerprint density at radius 3 is 2.90 bits per heavy atom. The van der Waals surface area contributed by atoms with Crippen LogP contribution in [0.2, 0.25) is 0 Å². The van der Waals surface area contributed by atoms with Gasteiger partial charge in [-0.2, -0.15) is 0 Å². The fraction of sp³-hybridized carbons (Fsp3) is 0.706. The number of pyridine rings is 1. The van der Waals surface area contributed by atoms with E-state index in [1.165, 1.54) is 25.8 Å². The van der Waals surface area contributed by atoms with Crippen LogP contribution < -0.4 is 4.90 Å². The molecule has 2 aliphatic rings. The monoisotopic (exact) mass is 289 g/mol. The number of hydrogen-bond acceptors (Lipinski definition) is 4. The Morgan fingerprint density at radius 1 is 1.29 bits per heavy atom. The van der Waals surface area contributed by atoms with Crippen molar-refractivity contribution in [2.24, 2.45) is 0 Å². The summed E-state index contributed by atoms with van der Waals surface area (Å²) in [5.74, 6) is 1.05. The molecule has 0 aliphatic carbocycles. The molecule has 21 heavy (non-hydrogen) atoms. The number of hydrogen-bond donors (Lipinski definition) is 1. The van der Waals surface area contributed by atoms with Gasteiger partial charge in [0.1, 0.15) is 5.82 Å². The molecule has 2 saturated heterocycles. The van der Waals surface area contributed by atoms with Crippen molar-refractivity contribution < 1.29 is 5.11 Å². The van der Waals surface area contributed by atoms with Crippen LogP contribution in [0, 0.1) is 0 Å². The minimum absolute atomic E-state index is 0.0975. The van der Waals surface area contributed by atoms with Crippen molar-refractivity contribution in [2.75, 3.05) is 24.5 Å². The SMILES string of the molecule is CCc1cc(CO)cc(N2CC3CCCCN3CC2C)n1. The molecule has 2 atom stereocenters. The topological polar surface area (TPSA) is 39.6 Å². The van der Waals surface area contributed by atoms with Crippen LogP contribution in [-0.2, 0) is 13.0 Å². The summed E-state index contributed by atoms with van der Waals surface area (Å²) in [7, 11) is 0. The Bertz CT molecular complexity index is 469. The van der Waals surface area contributed by atoms with Crippen LogP contribution in [0.4, 0.5) is 5.82 Å². The van der Waals surface area contributed by atoms with Crippen molar-refractivity contribution in [1.82, 2.24) is 9.88 Å². The maximum absolute atomic E-state index is 9.48. The van der Waals surface area contributed by atoms with E-state index < -0.39 is 0 Å². The molecule has 1 aromatic heterocycles. The summed E-state index contributed by atoms with van der Waals surface area (Å²) in [6.07, 6.45) is 4.93. The number of aryl methyl sites for hydroxylation is 1. The first-order chi connectivity index (χ1) is 10.2. The van der Waals surface area contributed by atoms with Gasteiger partial charge in [0.25, 0.3) is 0 Å². The molecule has 3 heterocycles. The molecule has 4 nitrogen and oxygen atoms in total. The fourth-order valence-electron chi connectivity index (χ4n) is 3.72. The van der Waals surface area contributed by atoms with Crippen molar-refractivity contribution in [3.05, 3.63) is 23.4 Å². The maximum Gasteiger partial charge on any atom is 0.129 e. The highest BCUT2D eigenvalue weighted by Crippen LogP contribution is 2.28. The van der Waals surface area contributed by atoms with Gasteiger partial charge in [-0.3, -0.25) is 4.90 Å². The molecule has 0 radical (unpaired) electrons. The van der Waals surface area contributed by atoms with Gasteiger partial charge in [-0.1, -0.05) is 13.3 Å². The number of fused-ring (bicyclic) bond motifs is 1. The summed E-state index contributed by atoms with van der Waals surface area (Å²) in [6.45, 7) is 7.98. The molecule has 0 saturated carbocycles. The molecule has 2 fully saturated rings. The largest absolute Gasteiger partial charge is 0.392 e. The summed E-state index contributed by atoms with van der Waals surface area (Å²) in [5.41, 5.74) is 2.06. The molecule has 116 valence electrons. The lowest BCUT2D eigenvalue weighted by Crippen LogP contribution is -2.59. The lowest BCUT2D eigenvalue weighted by Gasteiger charge is -2.48. The first kappa shape index (κ1) is 14.8. The van der Waals surface area contributed by atoms with E-state index in [0.717, 1.165) is 36.6 Å². The van der Waals surface area contributed by atoms with Gasteiger partial charge in [0.05, 0.1) is 6.61 Å². The zero-order valence-corrected chi connectivity index (χ0v) is 13.3. The molecule has 1 N–H and O–H groups in total. The molecule has 0 amide bonds. The van der Waals surface area contributed by atoms with Crippen LogP contribution in [-0.4, -0.2) is 46.7 Å². The summed E-state index contributed by atoms with van der Waals surface area (Å²) >= 11 is 0. The highest BCUT2D eigenvalue weighted by molar-refractivity contribution is 5.45. The minimum atomic E-state index is 0.0975. The van der Waals surface area contributed by atoms with Gasteiger partial charge in [0.15, 0.2) is 0 Å². The van der Waals surface area contributed by atoms with Gasteiger partial charge >= 0.3 is 0 Å². The third-order valence-corrected chi connectivity index (χ3v) is 4.95. The van der Waals surface area contributed by atoms with Crippen molar-refractivity contribution in [2.45, 2.75) is 58.2 Å². The van der Waals surface area contributed by atoms with E-state index in [-0.39, 0.29) is 6.61 Å². The smallest absolute Gasteiger partial charge is 0.129 e. The zero-order chi connectivity index (χ0) is 14.8. The Kier molecular flexibility index (Phi) is 4.45. The average Bonchev–Trinajstić information content (AvgIpc) is 2.53. The lowest BCUT2D eigenvalue weighted by atomic mass is 9.97. The Morgan fingerprint density at radius 2 is 2.14 bits per heavy atom. The summed E-state index contributed by atoms with van der Waals surface area (Å²) in [6, 6.07) is 5.25. The summed E-state index contributed by atoms with van der Waals surface area (Å²) in [4.78, 5) is 9.91. The quantitative estimate of drug-likeness (QED) is 0.926. The van der Waals surface area contributed by atoms with Gasteiger partial charge in [0, 0.05) is 30.9 Å². The predicted molar refractivity (Wildman–Crippen MR) is 85.6 cm³/mol. The summed E-state index contributed by atoms with van der Waals surface area (Å²) < 4.78 is 0. The van der Waals surface area contributed by atoms with Gasteiger partial charge in [-0.15, -0.1) is 0 Å². The highest BCUT2D eigenvalue weighted by Gasteiger charge is 2.33. The first-order valence-corrected chi connectivity index (χ1v) is 8.32. The minimum Gasteiger partial charge on any atom is -0.392 e. The Balaban J connectivity index is 1.85. The third kappa shape index (κ3) is 3.06. The van der Waals surface area contributed by atoms with E-state index >= 15 is 0 Å². The van der Waals surface area contributed by atoms with E-state index in [1.807, 2.05) is 6.07 Å². The van der Waals surface area contributed by atoms with Crippen molar-refractivity contribution in [3.8, 4) is 0 Å². The number of piperazine rings is 1. The van der Waals surface area contributed by atoms with Crippen LogP contribution in [0.15, 0.2) is 12.1 Å². The highest BCUT2D eigenvalue weighted by atomic mass is 16.3. The average molecular weight is 289 g/mol. The molecule has 2 unspecified atom stereocenters.